The Morgan fingerprint density at radius 2 is 1.81 bits per heavy atom. The van der Waals surface area contributed by atoms with Crippen LogP contribution in [0.25, 0.3) is 0 Å². The topological polar surface area (TPSA) is 38.3 Å². The highest BCUT2D eigenvalue weighted by molar-refractivity contribution is 5.79. The second-order valence-corrected chi connectivity index (χ2v) is 5.16. The van der Waals surface area contributed by atoms with Gasteiger partial charge in [0.15, 0.2) is 0 Å². The van der Waals surface area contributed by atoms with E-state index in [0.717, 1.165) is 24.9 Å². The lowest BCUT2D eigenvalue weighted by atomic mass is 10.1. The number of hydrogen-bond donors (Lipinski definition) is 1. The molecule has 118 valence electrons. The SMILES string of the molecule is CCCCCCCC(Nc1ccc(F)cc1)C(=O)OCC. The van der Waals surface area contributed by atoms with Gasteiger partial charge in [0.2, 0.25) is 0 Å². The Balaban J connectivity index is 2.51. The van der Waals surface area contributed by atoms with Crippen LogP contribution in [0.2, 0.25) is 0 Å². The van der Waals surface area contributed by atoms with Gasteiger partial charge in [-0.2, -0.15) is 0 Å². The molecule has 0 fully saturated rings. The first-order chi connectivity index (χ1) is 10.2. The van der Waals surface area contributed by atoms with E-state index >= 15 is 0 Å². The van der Waals surface area contributed by atoms with E-state index in [9.17, 15) is 9.18 Å². The average molecular weight is 295 g/mol. The van der Waals surface area contributed by atoms with Gasteiger partial charge in [-0.15, -0.1) is 0 Å². The van der Waals surface area contributed by atoms with E-state index < -0.39 is 0 Å². The molecule has 0 spiro atoms. The third-order valence-electron chi connectivity index (χ3n) is 3.35. The van der Waals surface area contributed by atoms with Crippen LogP contribution in [0.4, 0.5) is 10.1 Å². The molecule has 21 heavy (non-hydrogen) atoms. The van der Waals surface area contributed by atoms with Crippen molar-refractivity contribution in [1.82, 2.24) is 0 Å². The number of benzene rings is 1. The van der Waals surface area contributed by atoms with Crippen molar-refractivity contribution in [3.05, 3.63) is 30.1 Å². The van der Waals surface area contributed by atoms with Crippen LogP contribution < -0.4 is 5.32 Å². The van der Waals surface area contributed by atoms with Crippen molar-refractivity contribution in [1.29, 1.82) is 0 Å². The zero-order chi connectivity index (χ0) is 15.5. The summed E-state index contributed by atoms with van der Waals surface area (Å²) in [5.41, 5.74) is 0.739. The predicted molar refractivity (Wildman–Crippen MR) is 83.8 cm³/mol. The van der Waals surface area contributed by atoms with Crippen LogP contribution in [0, 0.1) is 5.82 Å². The summed E-state index contributed by atoms with van der Waals surface area (Å²) in [6.07, 6.45) is 6.47. The maximum atomic E-state index is 12.9. The van der Waals surface area contributed by atoms with Crippen molar-refractivity contribution in [3.63, 3.8) is 0 Å². The largest absolute Gasteiger partial charge is 0.464 e. The van der Waals surface area contributed by atoms with E-state index in [-0.39, 0.29) is 17.8 Å². The fourth-order valence-corrected chi connectivity index (χ4v) is 2.19. The average Bonchev–Trinajstić information content (AvgIpc) is 2.48. The van der Waals surface area contributed by atoms with E-state index in [1.807, 2.05) is 0 Å². The van der Waals surface area contributed by atoms with Crippen LogP contribution in [0.5, 0.6) is 0 Å². The predicted octanol–water partition coefficient (Wildman–Crippen LogP) is 4.53. The molecule has 0 bridgehead atoms. The van der Waals surface area contributed by atoms with Crippen molar-refractivity contribution in [2.75, 3.05) is 11.9 Å². The molecule has 0 amide bonds. The van der Waals surface area contributed by atoms with Crippen LogP contribution in [0.1, 0.15) is 52.4 Å². The second kappa shape index (κ2) is 10.2. The molecule has 0 saturated carbocycles. The van der Waals surface area contributed by atoms with Crippen molar-refractivity contribution in [3.8, 4) is 0 Å². The fourth-order valence-electron chi connectivity index (χ4n) is 2.19. The van der Waals surface area contributed by atoms with Crippen molar-refractivity contribution < 1.29 is 13.9 Å². The minimum Gasteiger partial charge on any atom is -0.464 e. The fraction of sp³-hybridized carbons (Fsp3) is 0.588. The lowest BCUT2D eigenvalue weighted by molar-refractivity contribution is -0.144. The van der Waals surface area contributed by atoms with E-state index in [1.165, 1.54) is 31.4 Å². The number of halogens is 1. The Kier molecular flexibility index (Phi) is 8.48. The van der Waals surface area contributed by atoms with Gasteiger partial charge in [0.05, 0.1) is 6.61 Å². The molecule has 1 unspecified atom stereocenters. The maximum absolute atomic E-state index is 12.9. The van der Waals surface area contributed by atoms with Gasteiger partial charge in [0.25, 0.3) is 0 Å². The molecule has 3 nitrogen and oxygen atoms in total. The highest BCUT2D eigenvalue weighted by Gasteiger charge is 2.19. The minimum atomic E-state index is -0.364. The summed E-state index contributed by atoms with van der Waals surface area (Å²) in [5.74, 6) is -0.523. The van der Waals surface area contributed by atoms with Gasteiger partial charge < -0.3 is 10.1 Å². The van der Waals surface area contributed by atoms with Crippen LogP contribution >= 0.6 is 0 Å². The number of hydrogen-bond acceptors (Lipinski definition) is 3. The number of unbranched alkanes of at least 4 members (excludes halogenated alkanes) is 4. The monoisotopic (exact) mass is 295 g/mol. The zero-order valence-electron chi connectivity index (χ0n) is 13.0. The Hall–Kier alpha value is -1.58. The highest BCUT2D eigenvalue weighted by atomic mass is 19.1. The number of esters is 1. The van der Waals surface area contributed by atoms with Gasteiger partial charge in [-0.25, -0.2) is 9.18 Å². The number of ether oxygens (including phenoxy) is 1. The third-order valence-corrected chi connectivity index (χ3v) is 3.35. The third kappa shape index (κ3) is 7.11. The molecular weight excluding hydrogens is 269 g/mol. The maximum Gasteiger partial charge on any atom is 0.328 e. The lowest BCUT2D eigenvalue weighted by Gasteiger charge is -2.18. The summed E-state index contributed by atoms with van der Waals surface area (Å²) in [6, 6.07) is 5.67. The van der Waals surface area contributed by atoms with E-state index in [4.69, 9.17) is 4.74 Å². The molecule has 0 aromatic heterocycles. The first-order valence-electron chi connectivity index (χ1n) is 7.86. The summed E-state index contributed by atoms with van der Waals surface area (Å²) in [5, 5.41) is 3.14. The quantitative estimate of drug-likeness (QED) is 0.509. The molecule has 0 heterocycles. The van der Waals surface area contributed by atoms with Gasteiger partial charge >= 0.3 is 5.97 Å². The normalized spacial score (nSPS) is 12.0. The van der Waals surface area contributed by atoms with Gasteiger partial charge in [0, 0.05) is 5.69 Å². The molecule has 1 N–H and O–H groups in total. The van der Waals surface area contributed by atoms with E-state index in [1.54, 1.807) is 19.1 Å². The minimum absolute atomic E-state index is 0.239. The van der Waals surface area contributed by atoms with Crippen LogP contribution in [0.3, 0.4) is 0 Å². The number of nitrogens with one attached hydrogen (secondary N) is 1. The van der Waals surface area contributed by atoms with Crippen molar-refractivity contribution >= 4 is 11.7 Å². The Labute approximate surface area is 126 Å². The zero-order valence-corrected chi connectivity index (χ0v) is 13.0. The molecule has 1 rings (SSSR count). The Morgan fingerprint density at radius 3 is 2.43 bits per heavy atom. The first-order valence-corrected chi connectivity index (χ1v) is 7.86. The van der Waals surface area contributed by atoms with Gasteiger partial charge in [0.1, 0.15) is 11.9 Å². The van der Waals surface area contributed by atoms with Crippen LogP contribution in [-0.2, 0) is 9.53 Å². The molecule has 0 aliphatic heterocycles. The van der Waals surface area contributed by atoms with Crippen LogP contribution in [-0.4, -0.2) is 18.6 Å². The molecular formula is C17H26FNO2. The highest BCUT2D eigenvalue weighted by Crippen LogP contribution is 2.15. The molecule has 0 saturated heterocycles. The molecule has 4 heteroatoms. The van der Waals surface area contributed by atoms with Gasteiger partial charge in [-0.05, 0) is 37.6 Å². The van der Waals surface area contributed by atoms with Crippen molar-refractivity contribution in [2.45, 2.75) is 58.4 Å². The smallest absolute Gasteiger partial charge is 0.328 e. The van der Waals surface area contributed by atoms with Gasteiger partial charge in [-0.3, -0.25) is 0 Å². The lowest BCUT2D eigenvalue weighted by Crippen LogP contribution is -2.31. The summed E-state index contributed by atoms with van der Waals surface area (Å²) < 4.78 is 18.0. The number of carbonyl (C=O) groups excluding carboxylic acids is 1. The Morgan fingerprint density at radius 1 is 1.14 bits per heavy atom. The molecule has 0 radical (unpaired) electrons. The summed E-state index contributed by atoms with van der Waals surface area (Å²) in [6.45, 7) is 4.35. The summed E-state index contributed by atoms with van der Waals surface area (Å²) >= 11 is 0. The first kappa shape index (κ1) is 17.5. The van der Waals surface area contributed by atoms with Crippen LogP contribution in [0.15, 0.2) is 24.3 Å². The Bertz CT molecular complexity index is 406. The second-order valence-electron chi connectivity index (χ2n) is 5.16. The number of anilines is 1. The summed E-state index contributed by atoms with van der Waals surface area (Å²) in [7, 11) is 0. The number of rotatable bonds is 10. The molecule has 1 aromatic rings. The molecule has 0 aliphatic rings. The van der Waals surface area contributed by atoms with E-state index in [2.05, 4.69) is 12.2 Å². The molecule has 1 aromatic carbocycles. The molecule has 1 atom stereocenters. The van der Waals surface area contributed by atoms with E-state index in [0.29, 0.717) is 6.61 Å². The van der Waals surface area contributed by atoms with Gasteiger partial charge in [-0.1, -0.05) is 39.0 Å². The molecule has 0 aliphatic carbocycles. The standard InChI is InChI=1S/C17H26FNO2/c1-3-5-6-7-8-9-16(17(20)21-4-2)19-15-12-10-14(18)11-13-15/h10-13,16,19H,3-9H2,1-2H3. The number of carbonyl (C=O) groups is 1. The van der Waals surface area contributed by atoms with Crippen molar-refractivity contribution in [2.24, 2.45) is 0 Å². The summed E-state index contributed by atoms with van der Waals surface area (Å²) in [4.78, 5) is 12.0.